The standard InChI is InChI=1S/C12H14ClN3/c1-2-14-9-10-5-3-6-11(13)12(10)16-8-4-7-15-16/h3-8,14H,2,9H2,1H3. The van der Waals surface area contributed by atoms with Crippen LogP contribution in [0.3, 0.4) is 0 Å². The van der Waals surface area contributed by atoms with Gasteiger partial charge in [0, 0.05) is 18.9 Å². The molecule has 0 unspecified atom stereocenters. The van der Waals surface area contributed by atoms with E-state index < -0.39 is 0 Å². The summed E-state index contributed by atoms with van der Waals surface area (Å²) < 4.78 is 1.80. The lowest BCUT2D eigenvalue weighted by Crippen LogP contribution is -2.14. The molecule has 0 saturated heterocycles. The number of rotatable bonds is 4. The number of halogens is 1. The van der Waals surface area contributed by atoms with Gasteiger partial charge in [-0.1, -0.05) is 30.7 Å². The number of nitrogens with zero attached hydrogens (tertiary/aromatic N) is 2. The third-order valence-electron chi connectivity index (χ3n) is 2.37. The van der Waals surface area contributed by atoms with E-state index in [0.29, 0.717) is 0 Å². The van der Waals surface area contributed by atoms with Crippen LogP contribution in [0.25, 0.3) is 5.69 Å². The van der Waals surface area contributed by atoms with Crippen LogP contribution in [0.2, 0.25) is 5.02 Å². The monoisotopic (exact) mass is 235 g/mol. The Morgan fingerprint density at radius 3 is 2.94 bits per heavy atom. The van der Waals surface area contributed by atoms with E-state index in [2.05, 4.69) is 23.4 Å². The number of hydrogen-bond acceptors (Lipinski definition) is 2. The maximum atomic E-state index is 6.21. The minimum atomic E-state index is 0.721. The van der Waals surface area contributed by atoms with Gasteiger partial charge in [-0.05, 0) is 24.2 Å². The van der Waals surface area contributed by atoms with Gasteiger partial charge in [-0.15, -0.1) is 0 Å². The van der Waals surface area contributed by atoms with Crippen LogP contribution >= 0.6 is 11.6 Å². The second kappa shape index (κ2) is 5.14. The van der Waals surface area contributed by atoms with Gasteiger partial charge >= 0.3 is 0 Å². The fourth-order valence-corrected chi connectivity index (χ4v) is 1.90. The molecule has 0 amide bonds. The normalized spacial score (nSPS) is 10.6. The molecule has 2 rings (SSSR count). The maximum Gasteiger partial charge on any atom is 0.0876 e. The molecule has 0 atom stereocenters. The molecule has 1 aromatic heterocycles. The van der Waals surface area contributed by atoms with Crippen LogP contribution < -0.4 is 5.32 Å². The number of hydrogen-bond donors (Lipinski definition) is 1. The molecular weight excluding hydrogens is 222 g/mol. The van der Waals surface area contributed by atoms with Gasteiger partial charge in [-0.3, -0.25) is 0 Å². The average molecular weight is 236 g/mol. The highest BCUT2D eigenvalue weighted by atomic mass is 35.5. The van der Waals surface area contributed by atoms with Gasteiger partial charge in [-0.25, -0.2) is 4.68 Å². The number of para-hydroxylation sites is 1. The van der Waals surface area contributed by atoms with Crippen LogP contribution in [-0.2, 0) is 6.54 Å². The molecule has 0 spiro atoms. The SMILES string of the molecule is CCNCc1cccc(Cl)c1-n1cccn1. The highest BCUT2D eigenvalue weighted by Gasteiger charge is 2.08. The first-order valence-corrected chi connectivity index (χ1v) is 5.69. The van der Waals surface area contributed by atoms with Crippen molar-refractivity contribution in [2.75, 3.05) is 6.54 Å². The molecule has 0 bridgehead atoms. The van der Waals surface area contributed by atoms with Crippen molar-refractivity contribution in [2.24, 2.45) is 0 Å². The van der Waals surface area contributed by atoms with E-state index in [0.717, 1.165) is 29.4 Å². The van der Waals surface area contributed by atoms with E-state index in [1.54, 1.807) is 10.9 Å². The third kappa shape index (κ3) is 2.26. The Kier molecular flexibility index (Phi) is 3.59. The van der Waals surface area contributed by atoms with E-state index >= 15 is 0 Å². The van der Waals surface area contributed by atoms with E-state index in [9.17, 15) is 0 Å². The van der Waals surface area contributed by atoms with Gasteiger partial charge in [0.15, 0.2) is 0 Å². The van der Waals surface area contributed by atoms with Crippen LogP contribution in [0.4, 0.5) is 0 Å². The zero-order valence-corrected chi connectivity index (χ0v) is 9.91. The predicted molar refractivity (Wildman–Crippen MR) is 66.0 cm³/mol. The van der Waals surface area contributed by atoms with E-state index in [1.165, 1.54) is 0 Å². The molecule has 84 valence electrons. The van der Waals surface area contributed by atoms with Crippen molar-refractivity contribution >= 4 is 11.6 Å². The highest BCUT2D eigenvalue weighted by Crippen LogP contribution is 2.23. The Morgan fingerprint density at radius 1 is 1.38 bits per heavy atom. The summed E-state index contributed by atoms with van der Waals surface area (Å²) in [5.74, 6) is 0. The number of nitrogens with one attached hydrogen (secondary N) is 1. The fraction of sp³-hybridized carbons (Fsp3) is 0.250. The minimum absolute atomic E-state index is 0.721. The van der Waals surface area contributed by atoms with Crippen molar-refractivity contribution in [1.29, 1.82) is 0 Å². The maximum absolute atomic E-state index is 6.21. The van der Waals surface area contributed by atoms with Crippen molar-refractivity contribution in [2.45, 2.75) is 13.5 Å². The minimum Gasteiger partial charge on any atom is -0.313 e. The van der Waals surface area contributed by atoms with Gasteiger partial charge in [0.05, 0.1) is 10.7 Å². The summed E-state index contributed by atoms with van der Waals surface area (Å²) in [5.41, 5.74) is 2.10. The molecule has 0 radical (unpaired) electrons. The first-order valence-electron chi connectivity index (χ1n) is 5.31. The quantitative estimate of drug-likeness (QED) is 0.883. The second-order valence-electron chi connectivity index (χ2n) is 3.48. The van der Waals surface area contributed by atoms with Gasteiger partial charge in [0.1, 0.15) is 0 Å². The summed E-state index contributed by atoms with van der Waals surface area (Å²) in [4.78, 5) is 0. The zero-order valence-electron chi connectivity index (χ0n) is 9.15. The molecular formula is C12H14ClN3. The fourth-order valence-electron chi connectivity index (χ4n) is 1.62. The van der Waals surface area contributed by atoms with E-state index in [-0.39, 0.29) is 0 Å². The smallest absolute Gasteiger partial charge is 0.0876 e. The van der Waals surface area contributed by atoms with Gasteiger partial charge in [-0.2, -0.15) is 5.10 Å². The van der Waals surface area contributed by atoms with Gasteiger partial charge in [0.2, 0.25) is 0 Å². The lowest BCUT2D eigenvalue weighted by molar-refractivity contribution is 0.717. The summed E-state index contributed by atoms with van der Waals surface area (Å²) in [6.07, 6.45) is 3.65. The lowest BCUT2D eigenvalue weighted by atomic mass is 10.1. The zero-order chi connectivity index (χ0) is 11.4. The van der Waals surface area contributed by atoms with Crippen LogP contribution in [0.1, 0.15) is 12.5 Å². The van der Waals surface area contributed by atoms with Gasteiger partial charge in [0.25, 0.3) is 0 Å². The Bertz CT molecular complexity index is 451. The highest BCUT2D eigenvalue weighted by molar-refractivity contribution is 6.32. The Morgan fingerprint density at radius 2 is 2.25 bits per heavy atom. The van der Waals surface area contributed by atoms with Crippen LogP contribution in [0.15, 0.2) is 36.7 Å². The van der Waals surface area contributed by atoms with E-state index in [1.807, 2.05) is 24.4 Å². The first kappa shape index (κ1) is 11.2. The molecule has 0 aliphatic heterocycles. The van der Waals surface area contributed by atoms with Crippen molar-refractivity contribution in [3.05, 3.63) is 47.2 Å². The lowest BCUT2D eigenvalue weighted by Gasteiger charge is -2.11. The molecule has 0 aliphatic carbocycles. The molecule has 1 heterocycles. The number of benzene rings is 1. The summed E-state index contributed by atoms with van der Waals surface area (Å²) in [6, 6.07) is 7.79. The summed E-state index contributed by atoms with van der Waals surface area (Å²) in [7, 11) is 0. The predicted octanol–water partition coefficient (Wildman–Crippen LogP) is 2.64. The molecule has 0 saturated carbocycles. The van der Waals surface area contributed by atoms with Crippen LogP contribution in [0, 0.1) is 0 Å². The third-order valence-corrected chi connectivity index (χ3v) is 2.67. The Balaban J connectivity index is 2.41. The molecule has 1 aromatic carbocycles. The molecule has 2 aromatic rings. The van der Waals surface area contributed by atoms with Crippen molar-refractivity contribution in [3.8, 4) is 5.69 Å². The van der Waals surface area contributed by atoms with Crippen LogP contribution in [0.5, 0.6) is 0 Å². The first-order chi connectivity index (χ1) is 7.83. The summed E-state index contributed by atoms with van der Waals surface area (Å²) in [6.45, 7) is 3.81. The van der Waals surface area contributed by atoms with Crippen molar-refractivity contribution in [1.82, 2.24) is 15.1 Å². The van der Waals surface area contributed by atoms with Crippen molar-refractivity contribution in [3.63, 3.8) is 0 Å². The molecule has 16 heavy (non-hydrogen) atoms. The molecule has 1 N–H and O–H groups in total. The van der Waals surface area contributed by atoms with E-state index in [4.69, 9.17) is 11.6 Å². The Labute approximate surface area is 100 Å². The topological polar surface area (TPSA) is 29.9 Å². The summed E-state index contributed by atoms with van der Waals surface area (Å²) >= 11 is 6.21. The second-order valence-corrected chi connectivity index (χ2v) is 3.89. The largest absolute Gasteiger partial charge is 0.313 e. The number of aromatic nitrogens is 2. The Hall–Kier alpha value is -1.32. The van der Waals surface area contributed by atoms with Crippen molar-refractivity contribution < 1.29 is 0 Å². The molecule has 4 heteroatoms. The summed E-state index contributed by atoms with van der Waals surface area (Å²) in [5, 5.41) is 8.24. The van der Waals surface area contributed by atoms with Crippen LogP contribution in [-0.4, -0.2) is 16.3 Å². The average Bonchev–Trinajstić information content (AvgIpc) is 2.79. The van der Waals surface area contributed by atoms with Gasteiger partial charge < -0.3 is 5.32 Å². The molecule has 0 aliphatic rings. The molecule has 3 nitrogen and oxygen atoms in total. The molecule has 0 fully saturated rings.